The van der Waals surface area contributed by atoms with Gasteiger partial charge in [-0.3, -0.25) is 0 Å². The molecule has 94 valence electrons. The first-order valence-electron chi connectivity index (χ1n) is 5.98. The Bertz CT molecular complexity index is 192. The van der Waals surface area contributed by atoms with Crippen molar-refractivity contribution in [1.82, 2.24) is 4.90 Å². The molecule has 0 aromatic carbocycles. The molecular weight excluding hydrogens is 236 g/mol. The summed E-state index contributed by atoms with van der Waals surface area (Å²) in [6.07, 6.45) is 5.49. The van der Waals surface area contributed by atoms with Crippen LogP contribution in [0.25, 0.3) is 0 Å². The van der Waals surface area contributed by atoms with Crippen LogP contribution in [-0.2, 0) is 0 Å². The SMILES string of the molecule is CCC#N.CCCCN(CCCC)C(=S)S. The number of nitriles is 1. The molecule has 4 heteroatoms. The lowest BCUT2D eigenvalue weighted by Crippen LogP contribution is -2.28. The highest BCUT2D eigenvalue weighted by Crippen LogP contribution is 2.02. The Balaban J connectivity index is 0. The van der Waals surface area contributed by atoms with Crippen LogP contribution in [0.3, 0.4) is 0 Å². The summed E-state index contributed by atoms with van der Waals surface area (Å²) in [6, 6.07) is 1.93. The quantitative estimate of drug-likeness (QED) is 0.577. The number of unbranched alkanes of at least 4 members (excludes halogenated alkanes) is 2. The van der Waals surface area contributed by atoms with Gasteiger partial charge in [-0.05, 0) is 12.8 Å². The van der Waals surface area contributed by atoms with Crippen molar-refractivity contribution >= 4 is 29.2 Å². The number of rotatable bonds is 6. The fourth-order valence-electron chi connectivity index (χ4n) is 1.00. The standard InChI is InChI=1S/C9H19NS2.C3H5N/c1-3-5-7-10(9(11)12)8-6-4-2;1-2-3-4/h3-8H2,1-2H3,(H,11,12);2H2,1H3. The molecule has 0 aromatic heterocycles. The van der Waals surface area contributed by atoms with Crippen LogP contribution in [0.1, 0.15) is 52.9 Å². The molecule has 0 aromatic rings. The maximum absolute atomic E-state index is 7.62. The van der Waals surface area contributed by atoms with E-state index in [0.29, 0.717) is 6.42 Å². The topological polar surface area (TPSA) is 27.0 Å². The number of nitrogens with zero attached hydrogens (tertiary/aromatic N) is 2. The summed E-state index contributed by atoms with van der Waals surface area (Å²) in [5.74, 6) is 0. The summed E-state index contributed by atoms with van der Waals surface area (Å²) in [4.78, 5) is 2.19. The van der Waals surface area contributed by atoms with Gasteiger partial charge in [0.25, 0.3) is 0 Å². The summed E-state index contributed by atoms with van der Waals surface area (Å²) in [5.41, 5.74) is 0. The van der Waals surface area contributed by atoms with E-state index in [-0.39, 0.29) is 0 Å². The Labute approximate surface area is 111 Å². The van der Waals surface area contributed by atoms with Crippen LogP contribution in [0.5, 0.6) is 0 Å². The van der Waals surface area contributed by atoms with E-state index in [4.69, 9.17) is 17.5 Å². The molecule has 0 N–H and O–H groups in total. The van der Waals surface area contributed by atoms with Crippen molar-refractivity contribution in [2.45, 2.75) is 52.9 Å². The van der Waals surface area contributed by atoms with Gasteiger partial charge in [-0.2, -0.15) is 5.26 Å². The van der Waals surface area contributed by atoms with Gasteiger partial charge in [-0.1, -0.05) is 45.8 Å². The molecule has 0 saturated heterocycles. The first kappa shape index (κ1) is 18.1. The van der Waals surface area contributed by atoms with E-state index in [9.17, 15) is 0 Å². The van der Waals surface area contributed by atoms with Gasteiger partial charge in [0.15, 0.2) is 0 Å². The zero-order chi connectivity index (χ0) is 12.8. The average Bonchev–Trinajstić information content (AvgIpc) is 2.29. The maximum Gasteiger partial charge on any atom is 0.133 e. The molecule has 0 unspecified atom stereocenters. The molecule has 0 aliphatic heterocycles. The molecule has 0 atom stereocenters. The van der Waals surface area contributed by atoms with Gasteiger partial charge in [0.1, 0.15) is 4.32 Å². The van der Waals surface area contributed by atoms with E-state index < -0.39 is 0 Å². The second kappa shape index (κ2) is 14.7. The van der Waals surface area contributed by atoms with Crippen molar-refractivity contribution in [1.29, 1.82) is 5.26 Å². The molecule has 0 heterocycles. The normalized spacial score (nSPS) is 8.69. The highest BCUT2D eigenvalue weighted by atomic mass is 32.1. The molecule has 0 bridgehead atoms. The van der Waals surface area contributed by atoms with Crippen molar-refractivity contribution < 1.29 is 0 Å². The first-order valence-corrected chi connectivity index (χ1v) is 6.84. The first-order chi connectivity index (χ1) is 7.63. The molecule has 0 rings (SSSR count). The van der Waals surface area contributed by atoms with E-state index >= 15 is 0 Å². The second-order valence-corrected chi connectivity index (χ2v) is 4.60. The fraction of sp³-hybridized carbons (Fsp3) is 0.833. The average molecular weight is 260 g/mol. The van der Waals surface area contributed by atoms with Crippen LogP contribution in [0, 0.1) is 11.3 Å². The Morgan fingerprint density at radius 1 is 1.19 bits per heavy atom. The predicted molar refractivity (Wildman–Crippen MR) is 78.9 cm³/mol. The largest absolute Gasteiger partial charge is 0.358 e. The van der Waals surface area contributed by atoms with Crippen LogP contribution < -0.4 is 0 Å². The van der Waals surface area contributed by atoms with Crippen molar-refractivity contribution in [3.8, 4) is 6.07 Å². The van der Waals surface area contributed by atoms with Crippen LogP contribution in [-0.4, -0.2) is 22.3 Å². The van der Waals surface area contributed by atoms with Crippen LogP contribution in [0.15, 0.2) is 0 Å². The molecule has 0 aliphatic carbocycles. The third-order valence-electron chi connectivity index (χ3n) is 1.99. The Kier molecular flexibility index (Phi) is 16.7. The van der Waals surface area contributed by atoms with Crippen LogP contribution in [0.2, 0.25) is 0 Å². The van der Waals surface area contributed by atoms with E-state index in [1.54, 1.807) is 0 Å². The highest BCUT2D eigenvalue weighted by Gasteiger charge is 2.03. The molecular formula is C12H24N2S2. The molecule has 0 radical (unpaired) electrons. The van der Waals surface area contributed by atoms with Gasteiger partial charge >= 0.3 is 0 Å². The predicted octanol–water partition coefficient (Wildman–Crippen LogP) is 4.02. The van der Waals surface area contributed by atoms with Gasteiger partial charge in [0.05, 0.1) is 6.07 Å². The Morgan fingerprint density at radius 3 is 1.75 bits per heavy atom. The van der Waals surface area contributed by atoms with Crippen molar-refractivity contribution in [3.63, 3.8) is 0 Å². The minimum atomic E-state index is 0.625. The number of thiol groups is 1. The number of hydrogen-bond acceptors (Lipinski definition) is 2. The van der Waals surface area contributed by atoms with Crippen molar-refractivity contribution in [2.75, 3.05) is 13.1 Å². The number of hydrogen-bond donors (Lipinski definition) is 1. The van der Waals surface area contributed by atoms with Gasteiger partial charge in [0, 0.05) is 19.5 Å². The minimum absolute atomic E-state index is 0.625. The van der Waals surface area contributed by atoms with Gasteiger partial charge < -0.3 is 4.90 Å². The minimum Gasteiger partial charge on any atom is -0.358 e. The van der Waals surface area contributed by atoms with E-state index in [1.165, 1.54) is 25.7 Å². The number of thiocarbonyl (C=S) groups is 1. The van der Waals surface area contributed by atoms with E-state index in [2.05, 4.69) is 31.4 Å². The summed E-state index contributed by atoms with van der Waals surface area (Å²) in [5, 5.41) is 7.62. The highest BCUT2D eigenvalue weighted by molar-refractivity contribution is 8.10. The molecule has 0 aliphatic rings. The smallest absolute Gasteiger partial charge is 0.133 e. The van der Waals surface area contributed by atoms with Gasteiger partial charge in [0.2, 0.25) is 0 Å². The van der Waals surface area contributed by atoms with Crippen molar-refractivity contribution in [2.24, 2.45) is 0 Å². The molecule has 2 nitrogen and oxygen atoms in total. The zero-order valence-electron chi connectivity index (χ0n) is 10.7. The maximum atomic E-state index is 7.62. The summed E-state index contributed by atoms with van der Waals surface area (Å²) < 4.78 is 0.747. The van der Waals surface area contributed by atoms with Crippen LogP contribution >= 0.6 is 24.8 Å². The Morgan fingerprint density at radius 2 is 1.56 bits per heavy atom. The molecule has 16 heavy (non-hydrogen) atoms. The van der Waals surface area contributed by atoms with Gasteiger partial charge in [-0.25, -0.2) is 0 Å². The third kappa shape index (κ3) is 13.7. The van der Waals surface area contributed by atoms with Crippen LogP contribution in [0.4, 0.5) is 0 Å². The fourth-order valence-corrected chi connectivity index (χ4v) is 1.38. The summed E-state index contributed by atoms with van der Waals surface area (Å²) >= 11 is 9.23. The summed E-state index contributed by atoms with van der Waals surface area (Å²) in [7, 11) is 0. The monoisotopic (exact) mass is 260 g/mol. The molecule has 0 fully saturated rings. The molecule has 0 saturated carbocycles. The summed E-state index contributed by atoms with van der Waals surface area (Å²) in [6.45, 7) is 8.34. The Hall–Kier alpha value is -0.270. The van der Waals surface area contributed by atoms with E-state index in [0.717, 1.165) is 17.4 Å². The van der Waals surface area contributed by atoms with Gasteiger partial charge in [-0.15, -0.1) is 12.6 Å². The van der Waals surface area contributed by atoms with E-state index in [1.807, 2.05) is 13.0 Å². The lowest BCUT2D eigenvalue weighted by atomic mass is 10.3. The third-order valence-corrected chi connectivity index (χ3v) is 2.53. The lowest BCUT2D eigenvalue weighted by Gasteiger charge is -2.21. The molecule has 0 spiro atoms. The second-order valence-electron chi connectivity index (χ2n) is 3.49. The lowest BCUT2D eigenvalue weighted by molar-refractivity contribution is 0.411. The molecule has 0 amide bonds. The van der Waals surface area contributed by atoms with Crippen molar-refractivity contribution in [3.05, 3.63) is 0 Å². The zero-order valence-corrected chi connectivity index (χ0v) is 12.4.